The summed E-state index contributed by atoms with van der Waals surface area (Å²) >= 11 is 8.75. The lowest BCUT2D eigenvalue weighted by Crippen LogP contribution is -2.63. The van der Waals surface area contributed by atoms with Crippen LogP contribution < -0.4 is 115 Å². The van der Waals surface area contributed by atoms with Crippen molar-refractivity contribution in [3.05, 3.63) is 59.7 Å². The van der Waals surface area contributed by atoms with Gasteiger partial charge in [0.25, 0.3) is 0 Å². The first-order valence-corrected chi connectivity index (χ1v) is 36.1. The molecule has 0 aliphatic heterocycles. The Hall–Kier alpha value is -9.73. The molecule has 0 fully saturated rings. The summed E-state index contributed by atoms with van der Waals surface area (Å²) in [7, 11) is 0. The van der Waals surface area contributed by atoms with Gasteiger partial charge >= 0.3 is 5.97 Å². The fourth-order valence-electron chi connectivity index (χ4n) is 10.5. The van der Waals surface area contributed by atoms with Crippen LogP contribution in [0.5, 0.6) is 11.5 Å². The fourth-order valence-corrected chi connectivity index (χ4v) is 10.9. The van der Waals surface area contributed by atoms with Gasteiger partial charge in [-0.2, -0.15) is 25.3 Å². The molecular weight excluding hydrogens is 1470 g/mol. The highest BCUT2D eigenvalue weighted by Gasteiger charge is 2.41. The molecule has 0 radical (unpaired) electrons. The summed E-state index contributed by atoms with van der Waals surface area (Å²) in [6, 6.07) is -9.79. The lowest BCUT2D eigenvalue weighted by atomic mass is 9.99. The van der Waals surface area contributed by atoms with E-state index in [1.54, 1.807) is 0 Å². The summed E-state index contributed by atoms with van der Waals surface area (Å²) in [4.78, 5) is 193. The molecule has 41 nitrogen and oxygen atoms in total. The topological polar surface area (TPSA) is 729 Å². The van der Waals surface area contributed by atoms with Gasteiger partial charge in [0, 0.05) is 29.9 Å². The van der Waals surface area contributed by atoms with Crippen molar-refractivity contribution in [2.45, 2.75) is 200 Å². The van der Waals surface area contributed by atoms with Gasteiger partial charge in [-0.25, -0.2) is 4.79 Å². The van der Waals surface area contributed by atoms with Gasteiger partial charge in [0.15, 0.2) is 5.96 Å². The summed E-state index contributed by atoms with van der Waals surface area (Å²) in [5.41, 5.74) is 46.8. The van der Waals surface area contributed by atoms with Crippen LogP contribution in [0.2, 0.25) is 0 Å². The van der Waals surface area contributed by atoms with E-state index in [2.05, 4.69) is 94.4 Å². The van der Waals surface area contributed by atoms with E-state index in [4.69, 9.17) is 51.3 Å². The van der Waals surface area contributed by atoms with Crippen LogP contribution in [0, 0.1) is 5.41 Å². The number of aliphatic hydroxyl groups excluding tert-OH is 2. The molecule has 2 aromatic carbocycles. The number of nitrogens with one attached hydrogen (secondary N) is 14. The van der Waals surface area contributed by atoms with Crippen molar-refractivity contribution < 1.29 is 92.7 Å². The number of aliphatic hydroxyl groups is 2. The second-order valence-electron chi connectivity index (χ2n) is 26.2. The van der Waals surface area contributed by atoms with Crippen molar-refractivity contribution in [1.29, 1.82) is 5.41 Å². The molecule has 35 N–H and O–H groups in total. The fraction of sp³-hybridized carbons (Fsp3) is 0.591. The van der Waals surface area contributed by atoms with E-state index in [-0.39, 0.29) is 115 Å². The average molecular weight is 1580 g/mol. The minimum atomic E-state index is -1.92. The van der Waals surface area contributed by atoms with E-state index in [1.165, 1.54) is 62.4 Å². The molecule has 0 aliphatic carbocycles. The number of unbranched alkanes of at least 4 members (excludes halogenated alkanes) is 1. The van der Waals surface area contributed by atoms with Gasteiger partial charge in [-0.15, -0.1) is 0 Å². The molecule has 0 aromatic heterocycles. The van der Waals surface area contributed by atoms with Gasteiger partial charge in [-0.05, 0) is 154 Å². The number of carboxylic acids is 1. The minimum absolute atomic E-state index is 0.0281. The number of primary amides is 1. The summed E-state index contributed by atoms with van der Waals surface area (Å²) < 4.78 is -1.48. The molecule has 2 aromatic rings. The number of thiol groups is 2. The van der Waals surface area contributed by atoms with Crippen LogP contribution in [0.3, 0.4) is 0 Å². The lowest BCUT2D eigenvalue weighted by Gasteiger charge is -2.32. The van der Waals surface area contributed by atoms with Gasteiger partial charge in [-0.1, -0.05) is 24.3 Å². The largest absolute Gasteiger partial charge is 0.508 e. The van der Waals surface area contributed by atoms with Crippen LogP contribution in [0.4, 0.5) is 0 Å². The van der Waals surface area contributed by atoms with E-state index in [9.17, 15) is 92.7 Å². The monoisotopic (exact) mass is 1580 g/mol. The van der Waals surface area contributed by atoms with E-state index in [0.29, 0.717) is 17.5 Å². The first-order chi connectivity index (χ1) is 51.2. The van der Waals surface area contributed by atoms with Crippen molar-refractivity contribution in [3.8, 4) is 11.5 Å². The predicted octanol–water partition coefficient (Wildman–Crippen LogP) is -9.82. The van der Waals surface area contributed by atoms with Crippen LogP contribution in [-0.2, 0) is 80.0 Å². The van der Waals surface area contributed by atoms with E-state index in [0.717, 1.165) is 13.8 Å². The number of hydrogen-bond donors (Lipinski definition) is 29. The standard InChI is InChI=1S/C66H110N22O19S2/c1-32(89)49(61(103)81-41(19-24-69)55(97)77-39(8-5-6-22-67)54(96)85-47(31-108)60(102)80-43(21-26-71)57(99)87-50(33(2)90)62(104)84-46(64(106)107)29-35-12-16-37(92)17-13-35)86-56(98)42(20-25-70)79-53(95)40(9-7-27-76-65(74)75)78-58(100)45(30-48(73)93)83-63(105)51(66(3,4)109)88-59(101)44(82-52(94)38(72)18-23-68)28-34-10-14-36(91)15-11-34/h10-17,32-33,38-47,49-51,89-92,108-109H,5-9,18-31,67-72H2,1-4H3,(H2,73,93)(H,77,97)(H,78,100)(H,79,95)(H,80,102)(H,81,103)(H,82,94)(H,83,105)(H,84,104)(H,85,96)(H,86,98)(H,87,99)(H,88,101)(H,106,107)(H4,74,75,76)/t32-,33-,38+,39+,40+,41-,42+,43+,44+,45+,46+,47+,49+,50+,51-/m1/s1. The van der Waals surface area contributed by atoms with Crippen LogP contribution in [0.25, 0.3) is 0 Å². The van der Waals surface area contributed by atoms with Gasteiger partial charge in [0.2, 0.25) is 76.8 Å². The Labute approximate surface area is 640 Å². The van der Waals surface area contributed by atoms with Gasteiger partial charge in [0.05, 0.1) is 24.7 Å². The SMILES string of the molecule is C[C@@H](O)[C@H](NC(=O)[C@H](CCN)NC(=O)[C@H](CS)NC(=O)[C@H](CCCCN)NC(=O)[C@@H](CCN)NC(=O)[C@@H](NC(=O)[C@H](CCN)NC(=O)[C@H](CCCNC(=N)N)NC(=O)[C@H](CC(N)=O)NC(=O)[C@@H](NC(=O)[C@H](Cc1ccc(O)cc1)NC(=O)[C@@H](N)CCN)C(C)(C)S)[C@@H](C)O)C(=O)N[C@@H](Cc1ccc(O)cc1)C(=O)O. The third kappa shape index (κ3) is 34.6. The summed E-state index contributed by atoms with van der Waals surface area (Å²) in [5, 5.41) is 90.0. The third-order valence-electron chi connectivity index (χ3n) is 16.5. The normalized spacial score (nSPS) is 15.4. The number of amides is 13. The van der Waals surface area contributed by atoms with E-state index < -0.39 is 196 Å². The molecular formula is C66H110N22O19S2. The molecule has 0 saturated carbocycles. The number of guanidine groups is 1. The Morgan fingerprint density at radius 2 is 0.771 bits per heavy atom. The summed E-state index contributed by atoms with van der Waals surface area (Å²) in [5.74, 6) is -16.4. The first-order valence-electron chi connectivity index (χ1n) is 35.0. The molecule has 15 atom stereocenters. The van der Waals surface area contributed by atoms with Gasteiger partial charge in [-0.3, -0.25) is 67.7 Å². The Kier molecular flexibility index (Phi) is 42.5. The van der Waals surface area contributed by atoms with Gasteiger partial charge < -0.3 is 141 Å². The van der Waals surface area contributed by atoms with Crippen LogP contribution >= 0.6 is 25.3 Å². The maximum Gasteiger partial charge on any atom is 0.326 e. The highest BCUT2D eigenvalue weighted by atomic mass is 32.1. The number of benzene rings is 2. The zero-order valence-corrected chi connectivity index (χ0v) is 63.0. The average Bonchev–Trinajstić information content (AvgIpc) is 0.832. The quantitative estimate of drug-likeness (QED) is 0.0127. The van der Waals surface area contributed by atoms with E-state index >= 15 is 0 Å². The highest BCUT2D eigenvalue weighted by molar-refractivity contribution is 7.81. The molecule has 0 bridgehead atoms. The zero-order valence-electron chi connectivity index (χ0n) is 61.2. The molecule has 0 spiro atoms. The first kappa shape index (κ1) is 95.3. The molecule has 0 unspecified atom stereocenters. The van der Waals surface area contributed by atoms with Gasteiger partial charge in [0.1, 0.15) is 84.0 Å². The molecule has 13 amide bonds. The summed E-state index contributed by atoms with van der Waals surface area (Å²) in [6.07, 6.45) is -5.59. The Bertz CT molecular complexity index is 3380. The molecule has 0 aliphatic rings. The Morgan fingerprint density at radius 1 is 0.431 bits per heavy atom. The number of rotatable bonds is 51. The molecule has 0 heterocycles. The number of carboxylic acid groups (broad SMARTS) is 1. The smallest absolute Gasteiger partial charge is 0.326 e. The van der Waals surface area contributed by atoms with Crippen LogP contribution in [0.15, 0.2) is 48.5 Å². The lowest BCUT2D eigenvalue weighted by molar-refractivity contribution is -0.143. The second-order valence-corrected chi connectivity index (χ2v) is 27.7. The van der Waals surface area contributed by atoms with Crippen LogP contribution in [-0.4, -0.2) is 255 Å². The molecule has 610 valence electrons. The van der Waals surface area contributed by atoms with Crippen LogP contribution in [0.1, 0.15) is 103 Å². The molecule has 109 heavy (non-hydrogen) atoms. The predicted molar refractivity (Wildman–Crippen MR) is 403 cm³/mol. The van der Waals surface area contributed by atoms with Crippen molar-refractivity contribution in [2.24, 2.45) is 45.9 Å². The Morgan fingerprint density at radius 3 is 1.15 bits per heavy atom. The van der Waals surface area contributed by atoms with Crippen molar-refractivity contribution in [3.63, 3.8) is 0 Å². The number of aromatic hydroxyl groups is 2. The summed E-state index contributed by atoms with van der Waals surface area (Å²) in [6.45, 7) is 4.34. The maximum atomic E-state index is 14.4. The van der Waals surface area contributed by atoms with Crippen molar-refractivity contribution in [2.75, 3.05) is 45.0 Å². The number of nitrogens with two attached hydrogens (primary N) is 8. The number of carbonyl (C=O) groups is 14. The minimum Gasteiger partial charge on any atom is -0.508 e. The van der Waals surface area contributed by atoms with Crippen molar-refractivity contribution >= 4 is 114 Å². The van der Waals surface area contributed by atoms with Crippen molar-refractivity contribution in [1.82, 2.24) is 69.1 Å². The number of phenols is 2. The maximum absolute atomic E-state index is 14.4. The zero-order chi connectivity index (χ0) is 82.4. The molecule has 0 saturated heterocycles. The Balaban J connectivity index is 2.41. The number of carbonyl (C=O) groups excluding carboxylic acids is 13. The number of hydrogen-bond acceptors (Lipinski definition) is 27. The number of aliphatic carboxylic acids is 1. The second kappa shape index (κ2) is 48.6. The third-order valence-corrected chi connectivity index (χ3v) is 17.1. The number of phenolic OH excluding ortho intramolecular Hbond substituents is 2. The molecule has 43 heteroatoms. The van der Waals surface area contributed by atoms with E-state index in [1.807, 2.05) is 0 Å². The highest BCUT2D eigenvalue weighted by Crippen LogP contribution is 2.20. The molecule has 2 rings (SSSR count).